The van der Waals surface area contributed by atoms with Gasteiger partial charge < -0.3 is 40.1 Å². The molecule has 0 radical (unpaired) electrons. The van der Waals surface area contributed by atoms with Gasteiger partial charge in [-0.05, 0) is 48.6 Å². The molecule has 0 bridgehead atoms. The molecule has 2 aromatic carbocycles. The summed E-state index contributed by atoms with van der Waals surface area (Å²) in [4.78, 5) is 12.3. The molecule has 0 spiro atoms. The molecule has 3 rings (SSSR count). The topological polar surface area (TPSA) is 157 Å². The first-order valence-electron chi connectivity index (χ1n) is 9.12. The standard InChI is InChI=1S/C21H22O9/c22-10-17-18(26)19(27)20(28)21(30-17)29-14-6-2-11(3-7-14)15(24)8-4-12-1-5-13(23)9-16(12)25/h1-9,17-23,25-28H,10H2/b8-4+/t17-,18-,19+,20-,21-/m0/s1. The molecule has 0 unspecified atom stereocenters. The molecule has 30 heavy (non-hydrogen) atoms. The third-order valence-corrected chi connectivity index (χ3v) is 4.67. The molecule has 1 aliphatic rings. The van der Waals surface area contributed by atoms with E-state index in [1.54, 1.807) is 0 Å². The molecule has 0 amide bonds. The molecule has 0 aromatic heterocycles. The van der Waals surface area contributed by atoms with Gasteiger partial charge in [-0.15, -0.1) is 0 Å². The predicted octanol–water partition coefficient (Wildman–Crippen LogP) is 0.173. The fourth-order valence-electron chi connectivity index (χ4n) is 2.93. The van der Waals surface area contributed by atoms with Gasteiger partial charge in [0.1, 0.15) is 41.7 Å². The Morgan fingerprint density at radius 1 is 1.00 bits per heavy atom. The summed E-state index contributed by atoms with van der Waals surface area (Å²) in [6.07, 6.45) is -4.30. The summed E-state index contributed by atoms with van der Waals surface area (Å²) in [6.45, 7) is -0.568. The Balaban J connectivity index is 1.65. The number of ketones is 1. The molecular formula is C21H22O9. The van der Waals surface area contributed by atoms with Crippen molar-refractivity contribution in [1.82, 2.24) is 0 Å². The molecule has 0 aliphatic carbocycles. The van der Waals surface area contributed by atoms with Crippen LogP contribution in [0.15, 0.2) is 48.5 Å². The zero-order valence-corrected chi connectivity index (χ0v) is 15.7. The molecule has 9 nitrogen and oxygen atoms in total. The van der Waals surface area contributed by atoms with Crippen molar-refractivity contribution in [1.29, 1.82) is 0 Å². The monoisotopic (exact) mass is 418 g/mol. The van der Waals surface area contributed by atoms with Crippen LogP contribution in [0.3, 0.4) is 0 Å². The number of aliphatic hydroxyl groups is 4. The molecule has 1 heterocycles. The van der Waals surface area contributed by atoms with Crippen molar-refractivity contribution in [3.05, 3.63) is 59.7 Å². The first-order chi connectivity index (χ1) is 14.3. The number of allylic oxidation sites excluding steroid dienone is 1. The number of ether oxygens (including phenoxy) is 2. The number of aromatic hydroxyl groups is 2. The van der Waals surface area contributed by atoms with Gasteiger partial charge in [0.15, 0.2) is 5.78 Å². The second-order valence-electron chi connectivity index (χ2n) is 6.78. The van der Waals surface area contributed by atoms with E-state index in [0.29, 0.717) is 11.1 Å². The van der Waals surface area contributed by atoms with Gasteiger partial charge in [-0.3, -0.25) is 4.79 Å². The first kappa shape index (κ1) is 21.8. The van der Waals surface area contributed by atoms with Crippen molar-refractivity contribution < 1.29 is 44.9 Å². The maximum absolute atomic E-state index is 12.3. The number of carbonyl (C=O) groups excluding carboxylic acids is 1. The highest BCUT2D eigenvalue weighted by atomic mass is 16.7. The van der Waals surface area contributed by atoms with Crippen molar-refractivity contribution in [3.8, 4) is 17.2 Å². The highest BCUT2D eigenvalue weighted by Crippen LogP contribution is 2.26. The molecular weight excluding hydrogens is 396 g/mol. The van der Waals surface area contributed by atoms with E-state index < -0.39 is 37.3 Å². The number of phenols is 2. The lowest BCUT2D eigenvalue weighted by Gasteiger charge is -2.39. The number of phenolic OH excluding ortho intramolecular Hbond substituents is 2. The average Bonchev–Trinajstić information content (AvgIpc) is 2.73. The van der Waals surface area contributed by atoms with Crippen LogP contribution in [-0.2, 0) is 4.74 Å². The second-order valence-corrected chi connectivity index (χ2v) is 6.78. The number of benzene rings is 2. The van der Waals surface area contributed by atoms with E-state index >= 15 is 0 Å². The van der Waals surface area contributed by atoms with E-state index in [9.17, 15) is 35.4 Å². The summed E-state index contributed by atoms with van der Waals surface area (Å²) >= 11 is 0. The smallest absolute Gasteiger partial charge is 0.229 e. The highest BCUT2D eigenvalue weighted by molar-refractivity contribution is 6.07. The Labute approximate surface area is 171 Å². The lowest BCUT2D eigenvalue weighted by molar-refractivity contribution is -0.277. The molecule has 1 aliphatic heterocycles. The minimum atomic E-state index is -1.55. The summed E-state index contributed by atoms with van der Waals surface area (Å²) in [5.74, 6) is -0.369. The fourth-order valence-corrected chi connectivity index (χ4v) is 2.93. The molecule has 5 atom stereocenters. The Morgan fingerprint density at radius 2 is 1.70 bits per heavy atom. The van der Waals surface area contributed by atoms with Gasteiger partial charge in [-0.2, -0.15) is 0 Å². The van der Waals surface area contributed by atoms with Crippen LogP contribution in [0.5, 0.6) is 17.2 Å². The summed E-state index contributed by atoms with van der Waals surface area (Å²) in [6, 6.07) is 9.88. The maximum atomic E-state index is 12.3. The van der Waals surface area contributed by atoms with Crippen LogP contribution in [0, 0.1) is 0 Å². The van der Waals surface area contributed by atoms with Gasteiger partial charge in [0, 0.05) is 17.2 Å². The van der Waals surface area contributed by atoms with Gasteiger partial charge in [0.2, 0.25) is 6.29 Å². The van der Waals surface area contributed by atoms with E-state index in [-0.39, 0.29) is 23.0 Å². The van der Waals surface area contributed by atoms with Gasteiger partial charge in [-0.25, -0.2) is 0 Å². The SMILES string of the molecule is O=C(/C=C/c1ccc(O)cc1O)c1ccc(O[C@H]2O[C@@H](CO)[C@H](O)[C@@H](O)[C@@H]2O)cc1. The molecule has 0 saturated carbocycles. The predicted molar refractivity (Wildman–Crippen MR) is 104 cm³/mol. The zero-order chi connectivity index (χ0) is 21.8. The van der Waals surface area contributed by atoms with Gasteiger partial charge >= 0.3 is 0 Å². The van der Waals surface area contributed by atoms with Gasteiger partial charge in [-0.1, -0.05) is 0 Å². The highest BCUT2D eigenvalue weighted by Gasteiger charge is 2.44. The van der Waals surface area contributed by atoms with Crippen molar-refractivity contribution in [2.24, 2.45) is 0 Å². The zero-order valence-electron chi connectivity index (χ0n) is 15.7. The second kappa shape index (κ2) is 9.24. The quantitative estimate of drug-likeness (QED) is 0.284. The van der Waals surface area contributed by atoms with Gasteiger partial charge in [0.25, 0.3) is 0 Å². The van der Waals surface area contributed by atoms with E-state index in [1.807, 2.05) is 0 Å². The van der Waals surface area contributed by atoms with E-state index in [4.69, 9.17) is 9.47 Å². The Bertz CT molecular complexity index is 907. The number of aliphatic hydroxyl groups excluding tert-OH is 4. The first-order valence-corrected chi connectivity index (χ1v) is 9.12. The number of hydrogen-bond donors (Lipinski definition) is 6. The van der Waals surface area contributed by atoms with Gasteiger partial charge in [0.05, 0.1) is 6.61 Å². The lowest BCUT2D eigenvalue weighted by atomic mass is 9.99. The number of hydrogen-bond acceptors (Lipinski definition) is 9. The van der Waals surface area contributed by atoms with Crippen LogP contribution in [-0.4, -0.2) is 73.7 Å². The Kier molecular flexibility index (Phi) is 6.70. The van der Waals surface area contributed by atoms with Crippen LogP contribution < -0.4 is 4.74 Å². The minimum absolute atomic E-state index is 0.0917. The van der Waals surface area contributed by atoms with Crippen LogP contribution >= 0.6 is 0 Å². The van der Waals surface area contributed by atoms with Crippen LogP contribution in [0.2, 0.25) is 0 Å². The van der Waals surface area contributed by atoms with Crippen molar-refractivity contribution in [3.63, 3.8) is 0 Å². The summed E-state index contributed by atoms with van der Waals surface area (Å²) in [7, 11) is 0. The molecule has 160 valence electrons. The summed E-state index contributed by atoms with van der Waals surface area (Å²) < 4.78 is 10.7. The van der Waals surface area contributed by atoms with E-state index in [0.717, 1.165) is 6.07 Å². The van der Waals surface area contributed by atoms with Crippen LogP contribution in [0.4, 0.5) is 0 Å². The van der Waals surface area contributed by atoms with E-state index in [2.05, 4.69) is 0 Å². The normalized spacial score (nSPS) is 26.6. The Morgan fingerprint density at radius 3 is 2.33 bits per heavy atom. The molecule has 2 aromatic rings. The average molecular weight is 418 g/mol. The molecule has 6 N–H and O–H groups in total. The lowest BCUT2D eigenvalue weighted by Crippen LogP contribution is -2.60. The molecule has 9 heteroatoms. The number of rotatable bonds is 6. The molecule has 1 saturated heterocycles. The van der Waals surface area contributed by atoms with Crippen LogP contribution in [0.25, 0.3) is 6.08 Å². The van der Waals surface area contributed by atoms with Crippen LogP contribution in [0.1, 0.15) is 15.9 Å². The van der Waals surface area contributed by atoms with Crippen molar-refractivity contribution in [2.75, 3.05) is 6.61 Å². The van der Waals surface area contributed by atoms with Crippen molar-refractivity contribution in [2.45, 2.75) is 30.7 Å². The molecule has 1 fully saturated rings. The largest absolute Gasteiger partial charge is 0.508 e. The van der Waals surface area contributed by atoms with E-state index in [1.165, 1.54) is 48.6 Å². The fraction of sp³-hybridized carbons (Fsp3) is 0.286. The Hall–Kier alpha value is -2.95. The summed E-state index contributed by atoms with van der Waals surface area (Å²) in [5, 5.41) is 57.8. The third kappa shape index (κ3) is 4.78. The van der Waals surface area contributed by atoms with Crippen molar-refractivity contribution >= 4 is 11.9 Å². The third-order valence-electron chi connectivity index (χ3n) is 4.67. The summed E-state index contributed by atoms with van der Waals surface area (Å²) in [5.41, 5.74) is 0.689. The maximum Gasteiger partial charge on any atom is 0.229 e. The minimum Gasteiger partial charge on any atom is -0.508 e. The number of carbonyl (C=O) groups is 1.